The molecule has 0 radical (unpaired) electrons. The molecule has 1 atom stereocenters. The Kier molecular flexibility index (Phi) is 5.47. The molecule has 0 spiro atoms. The van der Waals surface area contributed by atoms with Crippen LogP contribution < -0.4 is 4.74 Å². The standard InChI is InChI=1S/C13H17NO3/c1-10(2)16-8-12(15)9-17-13-5-3-4-11(6-13)7-14/h3-6,10,12,15H,8-9H2,1-2H3. The molecule has 1 unspecified atom stereocenters. The number of ether oxygens (including phenoxy) is 2. The molecule has 17 heavy (non-hydrogen) atoms. The highest BCUT2D eigenvalue weighted by molar-refractivity contribution is 5.36. The van der Waals surface area contributed by atoms with Gasteiger partial charge in [-0.1, -0.05) is 6.07 Å². The second kappa shape index (κ2) is 6.89. The highest BCUT2D eigenvalue weighted by Gasteiger charge is 2.07. The van der Waals surface area contributed by atoms with Gasteiger partial charge in [0.05, 0.1) is 24.3 Å². The van der Waals surface area contributed by atoms with E-state index >= 15 is 0 Å². The summed E-state index contributed by atoms with van der Waals surface area (Å²) >= 11 is 0. The number of hydrogen-bond donors (Lipinski definition) is 1. The van der Waals surface area contributed by atoms with E-state index in [9.17, 15) is 5.11 Å². The van der Waals surface area contributed by atoms with Gasteiger partial charge < -0.3 is 14.6 Å². The zero-order chi connectivity index (χ0) is 12.7. The van der Waals surface area contributed by atoms with Crippen molar-refractivity contribution in [2.75, 3.05) is 13.2 Å². The first-order valence-corrected chi connectivity index (χ1v) is 5.54. The van der Waals surface area contributed by atoms with Crippen molar-refractivity contribution in [1.29, 1.82) is 5.26 Å². The first-order valence-electron chi connectivity index (χ1n) is 5.54. The monoisotopic (exact) mass is 235 g/mol. The average Bonchev–Trinajstić information content (AvgIpc) is 2.34. The number of benzene rings is 1. The number of aliphatic hydroxyl groups excluding tert-OH is 1. The highest BCUT2D eigenvalue weighted by atomic mass is 16.5. The topological polar surface area (TPSA) is 62.5 Å². The maximum atomic E-state index is 9.57. The van der Waals surface area contributed by atoms with E-state index in [2.05, 4.69) is 0 Å². The van der Waals surface area contributed by atoms with Crippen molar-refractivity contribution in [2.24, 2.45) is 0 Å². The lowest BCUT2D eigenvalue weighted by Crippen LogP contribution is -2.25. The summed E-state index contributed by atoms with van der Waals surface area (Å²) in [5, 5.41) is 18.3. The van der Waals surface area contributed by atoms with Crippen LogP contribution in [0.1, 0.15) is 19.4 Å². The van der Waals surface area contributed by atoms with E-state index in [0.717, 1.165) is 0 Å². The molecular weight excluding hydrogens is 218 g/mol. The van der Waals surface area contributed by atoms with Crippen LogP contribution in [0.3, 0.4) is 0 Å². The molecule has 0 aliphatic heterocycles. The van der Waals surface area contributed by atoms with E-state index in [0.29, 0.717) is 11.3 Å². The van der Waals surface area contributed by atoms with E-state index in [1.807, 2.05) is 19.9 Å². The Balaban J connectivity index is 2.37. The Hall–Kier alpha value is -1.57. The normalized spacial score (nSPS) is 12.2. The Labute approximate surface area is 101 Å². The van der Waals surface area contributed by atoms with Crippen molar-refractivity contribution in [3.8, 4) is 11.8 Å². The van der Waals surface area contributed by atoms with Crippen LogP contribution in [0.4, 0.5) is 0 Å². The lowest BCUT2D eigenvalue weighted by atomic mass is 10.2. The van der Waals surface area contributed by atoms with Crippen LogP contribution in [0, 0.1) is 11.3 Å². The fraction of sp³-hybridized carbons (Fsp3) is 0.462. The Morgan fingerprint density at radius 2 is 2.12 bits per heavy atom. The molecule has 0 saturated carbocycles. The van der Waals surface area contributed by atoms with Crippen molar-refractivity contribution in [1.82, 2.24) is 0 Å². The average molecular weight is 235 g/mol. The first-order chi connectivity index (χ1) is 8.11. The van der Waals surface area contributed by atoms with Crippen LogP contribution in [-0.2, 0) is 4.74 Å². The molecule has 4 nitrogen and oxygen atoms in total. The van der Waals surface area contributed by atoms with Crippen molar-refractivity contribution >= 4 is 0 Å². The van der Waals surface area contributed by atoms with E-state index in [1.54, 1.807) is 24.3 Å². The molecule has 0 aromatic heterocycles. The van der Waals surface area contributed by atoms with Crippen LogP contribution >= 0.6 is 0 Å². The minimum Gasteiger partial charge on any atom is -0.491 e. The third-order valence-electron chi connectivity index (χ3n) is 2.03. The molecule has 1 aromatic rings. The van der Waals surface area contributed by atoms with Gasteiger partial charge >= 0.3 is 0 Å². The lowest BCUT2D eigenvalue weighted by molar-refractivity contribution is -0.0122. The maximum absolute atomic E-state index is 9.57. The predicted molar refractivity (Wildman–Crippen MR) is 63.7 cm³/mol. The molecule has 0 bridgehead atoms. The van der Waals surface area contributed by atoms with E-state index in [-0.39, 0.29) is 19.3 Å². The van der Waals surface area contributed by atoms with E-state index in [4.69, 9.17) is 14.7 Å². The van der Waals surface area contributed by atoms with Gasteiger partial charge in [0.25, 0.3) is 0 Å². The van der Waals surface area contributed by atoms with Gasteiger partial charge in [0, 0.05) is 0 Å². The van der Waals surface area contributed by atoms with Crippen molar-refractivity contribution in [3.05, 3.63) is 29.8 Å². The van der Waals surface area contributed by atoms with Crippen molar-refractivity contribution < 1.29 is 14.6 Å². The molecule has 0 aliphatic carbocycles. The SMILES string of the molecule is CC(C)OCC(O)COc1cccc(C#N)c1. The summed E-state index contributed by atoms with van der Waals surface area (Å²) in [5.74, 6) is 0.577. The number of aliphatic hydroxyl groups is 1. The van der Waals surface area contributed by atoms with E-state index in [1.165, 1.54) is 0 Å². The van der Waals surface area contributed by atoms with Crippen molar-refractivity contribution in [2.45, 2.75) is 26.1 Å². The second-order valence-corrected chi connectivity index (χ2v) is 3.99. The van der Waals surface area contributed by atoms with Crippen LogP contribution in [-0.4, -0.2) is 30.5 Å². The summed E-state index contributed by atoms with van der Waals surface area (Å²) in [7, 11) is 0. The molecule has 1 aromatic carbocycles. The van der Waals surface area contributed by atoms with Crippen molar-refractivity contribution in [3.63, 3.8) is 0 Å². The quantitative estimate of drug-likeness (QED) is 0.815. The smallest absolute Gasteiger partial charge is 0.120 e. The minimum atomic E-state index is -0.664. The summed E-state index contributed by atoms with van der Waals surface area (Å²) in [6, 6.07) is 8.85. The Bertz CT molecular complexity index is 384. The fourth-order valence-electron chi connectivity index (χ4n) is 1.20. The third-order valence-corrected chi connectivity index (χ3v) is 2.03. The summed E-state index contributed by atoms with van der Waals surface area (Å²) in [4.78, 5) is 0. The molecule has 0 amide bonds. The van der Waals surface area contributed by atoms with E-state index < -0.39 is 6.10 Å². The maximum Gasteiger partial charge on any atom is 0.120 e. The lowest BCUT2D eigenvalue weighted by Gasteiger charge is -2.14. The van der Waals surface area contributed by atoms with Gasteiger partial charge in [-0.05, 0) is 32.0 Å². The Morgan fingerprint density at radius 3 is 2.76 bits per heavy atom. The molecule has 0 heterocycles. The number of rotatable bonds is 6. The zero-order valence-corrected chi connectivity index (χ0v) is 10.1. The summed E-state index contributed by atoms with van der Waals surface area (Å²) in [6.45, 7) is 4.21. The van der Waals surface area contributed by atoms with Gasteiger partial charge in [0.15, 0.2) is 0 Å². The summed E-state index contributed by atoms with van der Waals surface area (Å²) < 4.78 is 10.6. The highest BCUT2D eigenvalue weighted by Crippen LogP contribution is 2.12. The Morgan fingerprint density at radius 1 is 1.35 bits per heavy atom. The van der Waals surface area contributed by atoms with Crippen LogP contribution in [0.5, 0.6) is 5.75 Å². The molecule has 92 valence electrons. The first kappa shape index (κ1) is 13.5. The van der Waals surface area contributed by atoms with Gasteiger partial charge in [-0.2, -0.15) is 5.26 Å². The van der Waals surface area contributed by atoms with Gasteiger partial charge in [-0.25, -0.2) is 0 Å². The number of hydrogen-bond acceptors (Lipinski definition) is 4. The number of nitrogens with zero attached hydrogens (tertiary/aromatic N) is 1. The van der Waals surface area contributed by atoms with Gasteiger partial charge in [-0.3, -0.25) is 0 Å². The second-order valence-electron chi connectivity index (χ2n) is 3.99. The fourth-order valence-corrected chi connectivity index (χ4v) is 1.20. The largest absolute Gasteiger partial charge is 0.491 e. The predicted octanol–water partition coefficient (Wildman–Crippen LogP) is 1.72. The molecule has 0 aliphatic rings. The third kappa shape index (κ3) is 5.34. The molecule has 0 saturated heterocycles. The minimum absolute atomic E-state index is 0.0894. The molecular formula is C13H17NO3. The molecule has 0 fully saturated rings. The summed E-state index contributed by atoms with van der Waals surface area (Å²) in [6.07, 6.45) is -0.574. The van der Waals surface area contributed by atoms with Gasteiger partial charge in [-0.15, -0.1) is 0 Å². The molecule has 1 rings (SSSR count). The molecule has 1 N–H and O–H groups in total. The van der Waals surface area contributed by atoms with Crippen LogP contribution in [0.2, 0.25) is 0 Å². The summed E-state index contributed by atoms with van der Waals surface area (Å²) in [5.41, 5.74) is 0.537. The van der Waals surface area contributed by atoms with Gasteiger partial charge in [0.1, 0.15) is 18.5 Å². The van der Waals surface area contributed by atoms with Gasteiger partial charge in [0.2, 0.25) is 0 Å². The number of nitriles is 1. The van der Waals surface area contributed by atoms with Crippen LogP contribution in [0.25, 0.3) is 0 Å². The van der Waals surface area contributed by atoms with Crippen LogP contribution in [0.15, 0.2) is 24.3 Å². The zero-order valence-electron chi connectivity index (χ0n) is 10.1. The molecule has 4 heteroatoms.